The Morgan fingerprint density at radius 2 is 2.03 bits per heavy atom. The van der Waals surface area contributed by atoms with E-state index in [2.05, 4.69) is 15.5 Å². The summed E-state index contributed by atoms with van der Waals surface area (Å²) in [6, 6.07) is 4.87. The molecule has 1 aromatic heterocycles. The highest BCUT2D eigenvalue weighted by molar-refractivity contribution is 7.99. The van der Waals surface area contributed by atoms with E-state index in [4.69, 9.17) is 0 Å². The van der Waals surface area contributed by atoms with Crippen molar-refractivity contribution in [1.82, 2.24) is 19.1 Å². The van der Waals surface area contributed by atoms with Crippen molar-refractivity contribution in [3.8, 4) is 0 Å². The van der Waals surface area contributed by atoms with Crippen LogP contribution in [0.5, 0.6) is 0 Å². The standard InChI is InChI=1S/C18H25N5O4S2/c1-4-22(5-2)29(26,27)14-9-6-12(3)15(10-14)19-16(24)11-28-18-21-20-17(25)23(18)13-7-8-13/h6,9-10,13H,4-5,7-8,11H2,1-3H3,(H,19,24)(H,20,25). The Hall–Kier alpha value is -2.11. The van der Waals surface area contributed by atoms with Gasteiger partial charge in [-0.15, -0.1) is 5.10 Å². The van der Waals surface area contributed by atoms with Crippen LogP contribution in [0.1, 0.15) is 38.3 Å². The molecule has 1 aliphatic carbocycles. The summed E-state index contributed by atoms with van der Waals surface area (Å²) < 4.78 is 28.4. The van der Waals surface area contributed by atoms with Crippen molar-refractivity contribution in [3.05, 3.63) is 34.2 Å². The van der Waals surface area contributed by atoms with Crippen molar-refractivity contribution in [3.63, 3.8) is 0 Å². The molecule has 1 saturated carbocycles. The van der Waals surface area contributed by atoms with Crippen molar-refractivity contribution in [2.24, 2.45) is 0 Å². The molecule has 0 radical (unpaired) electrons. The van der Waals surface area contributed by atoms with Gasteiger partial charge in [-0.1, -0.05) is 31.7 Å². The number of sulfonamides is 1. The van der Waals surface area contributed by atoms with Crippen molar-refractivity contribution in [2.45, 2.75) is 49.7 Å². The number of carbonyl (C=O) groups excluding carboxylic acids is 1. The molecule has 1 fully saturated rings. The maximum Gasteiger partial charge on any atom is 0.344 e. The fourth-order valence-corrected chi connectivity index (χ4v) is 5.27. The second-order valence-electron chi connectivity index (χ2n) is 6.82. The number of hydrogen-bond donors (Lipinski definition) is 2. The van der Waals surface area contributed by atoms with Crippen LogP contribution in [-0.4, -0.2) is 52.2 Å². The van der Waals surface area contributed by atoms with Crippen molar-refractivity contribution in [1.29, 1.82) is 0 Å². The minimum Gasteiger partial charge on any atom is -0.325 e. The zero-order valence-electron chi connectivity index (χ0n) is 16.6. The summed E-state index contributed by atoms with van der Waals surface area (Å²) in [5.41, 5.74) is 0.947. The van der Waals surface area contributed by atoms with Crippen LogP contribution >= 0.6 is 11.8 Å². The molecule has 1 aromatic carbocycles. The molecule has 11 heteroatoms. The third-order valence-corrected chi connectivity index (χ3v) is 7.74. The number of hydrogen-bond acceptors (Lipinski definition) is 6. The van der Waals surface area contributed by atoms with Crippen LogP contribution in [0.2, 0.25) is 0 Å². The third kappa shape index (κ3) is 4.73. The van der Waals surface area contributed by atoms with Gasteiger partial charge in [0.1, 0.15) is 0 Å². The minimum absolute atomic E-state index is 0.0590. The van der Waals surface area contributed by atoms with Gasteiger partial charge in [-0.25, -0.2) is 18.3 Å². The molecule has 0 spiro atoms. The molecule has 9 nitrogen and oxygen atoms in total. The molecule has 158 valence electrons. The monoisotopic (exact) mass is 439 g/mol. The number of H-pyrrole nitrogens is 1. The van der Waals surface area contributed by atoms with Crippen LogP contribution in [0.4, 0.5) is 5.69 Å². The zero-order chi connectivity index (χ0) is 21.2. The molecule has 0 atom stereocenters. The minimum atomic E-state index is -3.61. The molecule has 1 amide bonds. The molecule has 3 rings (SSSR count). The highest BCUT2D eigenvalue weighted by Gasteiger charge is 2.29. The highest BCUT2D eigenvalue weighted by atomic mass is 32.2. The molecule has 2 aromatic rings. The molecule has 2 N–H and O–H groups in total. The molecule has 29 heavy (non-hydrogen) atoms. The van der Waals surface area contributed by atoms with Gasteiger partial charge in [0, 0.05) is 24.8 Å². The number of amides is 1. The van der Waals surface area contributed by atoms with Gasteiger partial charge in [0.05, 0.1) is 10.6 Å². The van der Waals surface area contributed by atoms with E-state index in [9.17, 15) is 18.0 Å². The first-order chi connectivity index (χ1) is 13.8. The Morgan fingerprint density at radius 1 is 1.34 bits per heavy atom. The largest absolute Gasteiger partial charge is 0.344 e. The van der Waals surface area contributed by atoms with Crippen LogP contribution < -0.4 is 11.0 Å². The van der Waals surface area contributed by atoms with E-state index in [0.717, 1.165) is 18.4 Å². The Bertz CT molecular complexity index is 1050. The van der Waals surface area contributed by atoms with E-state index in [1.165, 1.54) is 22.1 Å². The summed E-state index contributed by atoms with van der Waals surface area (Å²) in [6.45, 7) is 6.11. The predicted octanol–water partition coefficient (Wildman–Crippen LogP) is 1.98. The van der Waals surface area contributed by atoms with E-state index in [1.807, 2.05) is 0 Å². The SMILES string of the molecule is CCN(CC)S(=O)(=O)c1ccc(C)c(NC(=O)CSc2n[nH]c(=O)n2C2CC2)c1. The zero-order valence-corrected chi connectivity index (χ0v) is 18.3. The molecule has 0 aliphatic heterocycles. The number of aromatic amines is 1. The van der Waals surface area contributed by atoms with Gasteiger partial charge in [-0.2, -0.15) is 4.31 Å². The van der Waals surface area contributed by atoms with E-state index in [-0.39, 0.29) is 28.3 Å². The number of benzene rings is 1. The molecular formula is C18H25N5O4S2. The lowest BCUT2D eigenvalue weighted by Gasteiger charge is -2.19. The topological polar surface area (TPSA) is 117 Å². The molecule has 0 saturated heterocycles. The maximum atomic E-state index is 12.7. The summed E-state index contributed by atoms with van der Waals surface area (Å²) in [4.78, 5) is 24.4. The van der Waals surface area contributed by atoms with Crippen LogP contribution in [0.15, 0.2) is 33.0 Å². The number of nitrogens with one attached hydrogen (secondary N) is 2. The first-order valence-corrected chi connectivity index (χ1v) is 11.9. The van der Waals surface area contributed by atoms with Crippen LogP contribution in [0, 0.1) is 6.92 Å². The fourth-order valence-electron chi connectivity index (χ4n) is 2.97. The quantitative estimate of drug-likeness (QED) is 0.577. The summed E-state index contributed by atoms with van der Waals surface area (Å²) in [6.07, 6.45) is 1.87. The molecule has 0 unspecified atom stereocenters. The lowest BCUT2D eigenvalue weighted by molar-refractivity contribution is -0.113. The van der Waals surface area contributed by atoms with E-state index in [1.54, 1.807) is 37.5 Å². The van der Waals surface area contributed by atoms with Gasteiger partial charge in [0.2, 0.25) is 15.9 Å². The number of anilines is 1. The van der Waals surface area contributed by atoms with E-state index in [0.29, 0.717) is 23.9 Å². The van der Waals surface area contributed by atoms with Gasteiger partial charge < -0.3 is 5.32 Å². The molecule has 1 aliphatic rings. The fraction of sp³-hybridized carbons (Fsp3) is 0.500. The Morgan fingerprint density at radius 3 is 2.66 bits per heavy atom. The first kappa shape index (κ1) is 21.6. The van der Waals surface area contributed by atoms with Gasteiger partial charge in [-0.3, -0.25) is 9.36 Å². The average Bonchev–Trinajstić information content (AvgIpc) is 3.44. The Kier molecular flexibility index (Phi) is 6.49. The normalized spacial score (nSPS) is 14.3. The van der Waals surface area contributed by atoms with E-state index < -0.39 is 10.0 Å². The summed E-state index contributed by atoms with van der Waals surface area (Å²) in [5.74, 6) is -0.239. The van der Waals surface area contributed by atoms with Crippen LogP contribution in [0.3, 0.4) is 0 Å². The van der Waals surface area contributed by atoms with Crippen molar-refractivity contribution >= 4 is 33.4 Å². The number of aromatic nitrogens is 3. The lowest BCUT2D eigenvalue weighted by atomic mass is 10.2. The van der Waals surface area contributed by atoms with Crippen LogP contribution in [0.25, 0.3) is 0 Å². The van der Waals surface area contributed by atoms with Gasteiger partial charge in [-0.05, 0) is 37.5 Å². The Labute approximate surface area is 173 Å². The molecule has 0 bridgehead atoms. The average molecular weight is 440 g/mol. The highest BCUT2D eigenvalue weighted by Crippen LogP contribution is 2.36. The first-order valence-electron chi connectivity index (χ1n) is 9.48. The van der Waals surface area contributed by atoms with E-state index >= 15 is 0 Å². The smallest absolute Gasteiger partial charge is 0.325 e. The second-order valence-corrected chi connectivity index (χ2v) is 9.70. The second kappa shape index (κ2) is 8.72. The number of thioether (sulfide) groups is 1. The summed E-state index contributed by atoms with van der Waals surface area (Å²) in [5, 5.41) is 9.66. The third-order valence-electron chi connectivity index (χ3n) is 4.74. The van der Waals surface area contributed by atoms with Gasteiger partial charge in [0.15, 0.2) is 5.16 Å². The maximum absolute atomic E-state index is 12.7. The van der Waals surface area contributed by atoms with Crippen molar-refractivity contribution < 1.29 is 13.2 Å². The lowest BCUT2D eigenvalue weighted by Crippen LogP contribution is -2.30. The Balaban J connectivity index is 1.71. The number of carbonyl (C=O) groups is 1. The summed E-state index contributed by atoms with van der Waals surface area (Å²) >= 11 is 1.17. The number of nitrogens with zero attached hydrogens (tertiary/aromatic N) is 3. The van der Waals surface area contributed by atoms with Crippen LogP contribution in [-0.2, 0) is 14.8 Å². The number of aryl methyl sites for hydroxylation is 1. The summed E-state index contributed by atoms with van der Waals surface area (Å²) in [7, 11) is -3.61. The van der Waals surface area contributed by atoms with Gasteiger partial charge in [0.25, 0.3) is 0 Å². The molecular weight excluding hydrogens is 414 g/mol. The molecule has 1 heterocycles. The predicted molar refractivity (Wildman–Crippen MR) is 112 cm³/mol. The van der Waals surface area contributed by atoms with Crippen molar-refractivity contribution in [2.75, 3.05) is 24.2 Å². The number of rotatable bonds is 9. The van der Waals surface area contributed by atoms with Gasteiger partial charge >= 0.3 is 5.69 Å².